The molecule has 3 rings (SSSR count). The number of rotatable bonds is 12. The molecule has 0 radical (unpaired) electrons. The van der Waals surface area contributed by atoms with Gasteiger partial charge in [0.2, 0.25) is 21.8 Å². The Morgan fingerprint density at radius 1 is 1.16 bits per heavy atom. The van der Waals surface area contributed by atoms with E-state index in [9.17, 15) is 28.1 Å². The van der Waals surface area contributed by atoms with Crippen molar-refractivity contribution in [2.45, 2.75) is 57.7 Å². The van der Waals surface area contributed by atoms with Crippen molar-refractivity contribution in [3.63, 3.8) is 0 Å². The van der Waals surface area contributed by atoms with Crippen molar-refractivity contribution >= 4 is 33.2 Å². The molecular formula is C26H34N4O7S. The number of amides is 2. The number of nitro groups is 1. The second-order valence-electron chi connectivity index (χ2n) is 9.33. The number of nitrogens with zero attached hydrogens (tertiary/aromatic N) is 3. The van der Waals surface area contributed by atoms with E-state index in [1.165, 1.54) is 23.1 Å². The lowest BCUT2D eigenvalue weighted by Crippen LogP contribution is -2.53. The number of sulfonamides is 1. The minimum absolute atomic E-state index is 0.0112. The minimum Gasteiger partial charge on any atom is -0.497 e. The first-order valence-electron chi connectivity index (χ1n) is 12.5. The van der Waals surface area contributed by atoms with Crippen molar-refractivity contribution in [3.05, 3.63) is 64.2 Å². The van der Waals surface area contributed by atoms with E-state index in [2.05, 4.69) is 5.32 Å². The van der Waals surface area contributed by atoms with Gasteiger partial charge in [-0.2, -0.15) is 0 Å². The first-order chi connectivity index (χ1) is 18.0. The number of anilines is 1. The van der Waals surface area contributed by atoms with Crippen molar-refractivity contribution in [2.75, 3.05) is 24.2 Å². The highest BCUT2D eigenvalue weighted by Gasteiger charge is 2.33. The summed E-state index contributed by atoms with van der Waals surface area (Å²) in [5.74, 6) is -0.264. The topological polar surface area (TPSA) is 139 Å². The smallest absolute Gasteiger partial charge is 0.271 e. The summed E-state index contributed by atoms with van der Waals surface area (Å²) in [6.45, 7) is 1.23. The number of hydrogen-bond donors (Lipinski definition) is 1. The maximum atomic E-state index is 13.7. The van der Waals surface area contributed by atoms with E-state index in [1.807, 2.05) is 0 Å². The van der Waals surface area contributed by atoms with Crippen LogP contribution >= 0.6 is 0 Å². The molecule has 0 saturated heterocycles. The Bertz CT molecular complexity index is 1240. The summed E-state index contributed by atoms with van der Waals surface area (Å²) in [5.41, 5.74) is 0.413. The van der Waals surface area contributed by atoms with Crippen LogP contribution in [0.3, 0.4) is 0 Å². The first kappa shape index (κ1) is 28.9. The predicted octanol–water partition coefficient (Wildman–Crippen LogP) is 3.24. The minimum atomic E-state index is -4.00. The van der Waals surface area contributed by atoms with Crippen LogP contribution < -0.4 is 14.4 Å². The van der Waals surface area contributed by atoms with Crippen LogP contribution in [0, 0.1) is 10.1 Å². The average molecular weight is 547 g/mol. The fraction of sp³-hybridized carbons (Fsp3) is 0.462. The van der Waals surface area contributed by atoms with Gasteiger partial charge in [-0.05, 0) is 43.0 Å². The Kier molecular flexibility index (Phi) is 9.67. The molecule has 0 aliphatic heterocycles. The van der Waals surface area contributed by atoms with Crippen LogP contribution in [0.4, 0.5) is 11.4 Å². The highest BCUT2D eigenvalue weighted by atomic mass is 32.2. The number of nitrogens with one attached hydrogen (secondary N) is 1. The Morgan fingerprint density at radius 2 is 1.82 bits per heavy atom. The Balaban J connectivity index is 1.94. The average Bonchev–Trinajstić information content (AvgIpc) is 3.39. The van der Waals surface area contributed by atoms with Crippen LogP contribution in [0.5, 0.6) is 5.75 Å². The van der Waals surface area contributed by atoms with Gasteiger partial charge in [-0.25, -0.2) is 8.42 Å². The number of ether oxygens (including phenoxy) is 1. The van der Waals surface area contributed by atoms with E-state index in [0.717, 1.165) is 47.9 Å². The molecule has 2 amide bonds. The van der Waals surface area contributed by atoms with Gasteiger partial charge in [-0.3, -0.25) is 24.0 Å². The lowest BCUT2D eigenvalue weighted by Gasteiger charge is -2.33. The van der Waals surface area contributed by atoms with E-state index in [-0.39, 0.29) is 29.9 Å². The highest BCUT2D eigenvalue weighted by molar-refractivity contribution is 7.92. The zero-order valence-corrected chi connectivity index (χ0v) is 22.6. The fourth-order valence-electron chi connectivity index (χ4n) is 4.59. The molecule has 12 heteroatoms. The van der Waals surface area contributed by atoms with Gasteiger partial charge in [0.25, 0.3) is 5.69 Å². The number of non-ortho nitro benzene ring substituents is 1. The van der Waals surface area contributed by atoms with Gasteiger partial charge < -0.3 is 15.0 Å². The van der Waals surface area contributed by atoms with E-state index < -0.39 is 33.4 Å². The monoisotopic (exact) mass is 546 g/mol. The van der Waals surface area contributed by atoms with Crippen LogP contribution in [0.1, 0.15) is 44.6 Å². The van der Waals surface area contributed by atoms with Gasteiger partial charge in [0.1, 0.15) is 18.3 Å². The van der Waals surface area contributed by atoms with Crippen LogP contribution in [-0.2, 0) is 26.2 Å². The molecule has 206 valence electrons. The third-order valence-electron chi connectivity index (χ3n) is 6.61. The zero-order valence-electron chi connectivity index (χ0n) is 21.8. The largest absolute Gasteiger partial charge is 0.497 e. The molecule has 1 atom stereocenters. The van der Waals surface area contributed by atoms with Crippen molar-refractivity contribution in [2.24, 2.45) is 0 Å². The highest BCUT2D eigenvalue weighted by Crippen LogP contribution is 2.25. The molecule has 2 aromatic rings. The summed E-state index contributed by atoms with van der Waals surface area (Å²) in [6.07, 6.45) is 5.06. The van der Waals surface area contributed by atoms with Gasteiger partial charge in [-0.15, -0.1) is 0 Å². The van der Waals surface area contributed by atoms with E-state index in [1.54, 1.807) is 38.3 Å². The summed E-state index contributed by atoms with van der Waals surface area (Å²) in [7, 11) is -2.46. The van der Waals surface area contributed by atoms with Crippen molar-refractivity contribution < 1.29 is 27.7 Å². The maximum Gasteiger partial charge on any atom is 0.271 e. The summed E-state index contributed by atoms with van der Waals surface area (Å²) >= 11 is 0. The number of hydrogen-bond acceptors (Lipinski definition) is 7. The standard InChI is InChI=1S/C26H34N4O7S/c1-4-24(26(32)27-20-8-5-6-9-20)28(17-19-12-14-23(37-2)15-13-19)25(31)18-29(38(3,35)36)21-10-7-11-22(16-21)30(33)34/h7,10-16,20,24H,4-6,8-9,17-18H2,1-3H3,(H,27,32)/t24-/m1/s1. The van der Waals surface area contributed by atoms with Crippen LogP contribution in [0.15, 0.2) is 48.5 Å². The van der Waals surface area contributed by atoms with Crippen LogP contribution in [-0.4, -0.2) is 62.0 Å². The van der Waals surface area contributed by atoms with E-state index >= 15 is 0 Å². The molecule has 38 heavy (non-hydrogen) atoms. The fourth-order valence-corrected chi connectivity index (χ4v) is 5.43. The van der Waals surface area contributed by atoms with Gasteiger partial charge in [0, 0.05) is 24.7 Å². The molecule has 1 aliphatic rings. The Labute approximate surface area is 223 Å². The molecule has 1 fully saturated rings. The summed E-state index contributed by atoms with van der Waals surface area (Å²) in [6, 6.07) is 11.3. The number of benzene rings is 2. The molecule has 0 heterocycles. The quantitative estimate of drug-likeness (QED) is 0.318. The molecule has 0 spiro atoms. The molecule has 1 aliphatic carbocycles. The normalized spacial score (nSPS) is 14.5. The van der Waals surface area contributed by atoms with Crippen molar-refractivity contribution in [3.8, 4) is 5.75 Å². The molecule has 2 aromatic carbocycles. The number of methoxy groups -OCH3 is 1. The third-order valence-corrected chi connectivity index (χ3v) is 7.75. The Morgan fingerprint density at radius 3 is 2.37 bits per heavy atom. The molecule has 1 N–H and O–H groups in total. The van der Waals surface area contributed by atoms with Crippen molar-refractivity contribution in [1.29, 1.82) is 0 Å². The lowest BCUT2D eigenvalue weighted by atomic mass is 10.1. The second-order valence-corrected chi connectivity index (χ2v) is 11.2. The number of carbonyl (C=O) groups is 2. The zero-order chi connectivity index (χ0) is 27.9. The van der Waals surface area contributed by atoms with Gasteiger partial charge in [-0.1, -0.05) is 38.0 Å². The first-order valence-corrected chi connectivity index (χ1v) is 14.3. The molecule has 1 saturated carbocycles. The van der Waals surface area contributed by atoms with Gasteiger partial charge in [0.05, 0.1) is 24.0 Å². The molecular weight excluding hydrogens is 512 g/mol. The van der Waals surface area contributed by atoms with Gasteiger partial charge >= 0.3 is 0 Å². The van der Waals surface area contributed by atoms with Gasteiger partial charge in [0.15, 0.2) is 0 Å². The van der Waals surface area contributed by atoms with E-state index in [4.69, 9.17) is 4.74 Å². The molecule has 0 bridgehead atoms. The van der Waals surface area contributed by atoms with Crippen molar-refractivity contribution in [1.82, 2.24) is 10.2 Å². The third kappa shape index (κ3) is 7.44. The predicted molar refractivity (Wildman–Crippen MR) is 143 cm³/mol. The molecule has 0 aromatic heterocycles. The summed E-state index contributed by atoms with van der Waals surface area (Å²) < 4.78 is 31.4. The summed E-state index contributed by atoms with van der Waals surface area (Å²) in [4.78, 5) is 39.0. The SMILES string of the molecule is CC[C@H](C(=O)NC1CCCC1)N(Cc1ccc(OC)cc1)C(=O)CN(c1cccc([N+](=O)[O-])c1)S(C)(=O)=O. The summed E-state index contributed by atoms with van der Waals surface area (Å²) in [5, 5.41) is 14.3. The van der Waals surface area contributed by atoms with E-state index in [0.29, 0.717) is 12.2 Å². The lowest BCUT2D eigenvalue weighted by molar-refractivity contribution is -0.384. The maximum absolute atomic E-state index is 13.7. The second kappa shape index (κ2) is 12.7. The van der Waals surface area contributed by atoms with Crippen LogP contribution in [0.25, 0.3) is 0 Å². The molecule has 11 nitrogen and oxygen atoms in total. The van der Waals surface area contributed by atoms with Crippen LogP contribution in [0.2, 0.25) is 0 Å². The molecule has 0 unspecified atom stereocenters. The number of nitro benzene ring substituents is 1. The Hall–Kier alpha value is -3.67. The number of carbonyl (C=O) groups excluding carboxylic acids is 2.